The van der Waals surface area contributed by atoms with Crippen LogP contribution in [0.15, 0.2) is 12.1 Å². The van der Waals surface area contributed by atoms with Crippen molar-refractivity contribution in [2.24, 2.45) is 0 Å². The molecule has 2 N–H and O–H groups in total. The smallest absolute Gasteiger partial charge is 0.0352 e. The third-order valence-corrected chi connectivity index (χ3v) is 3.13. The summed E-state index contributed by atoms with van der Waals surface area (Å²) >= 11 is 0. The van der Waals surface area contributed by atoms with Crippen molar-refractivity contribution in [3.05, 3.63) is 28.8 Å². The Bertz CT molecular complexity index is 328. The SMILES string of the molecule is CCCCc1cc(N)c2c(c1)CCC2. The van der Waals surface area contributed by atoms with E-state index < -0.39 is 0 Å². The number of benzene rings is 1. The molecule has 0 bridgehead atoms. The third-order valence-electron chi connectivity index (χ3n) is 3.13. The van der Waals surface area contributed by atoms with Crippen molar-refractivity contribution in [2.75, 3.05) is 5.73 Å². The van der Waals surface area contributed by atoms with Crippen LogP contribution in [0.2, 0.25) is 0 Å². The largest absolute Gasteiger partial charge is 0.398 e. The van der Waals surface area contributed by atoms with E-state index >= 15 is 0 Å². The molecule has 0 radical (unpaired) electrons. The van der Waals surface area contributed by atoms with Crippen LogP contribution in [0.5, 0.6) is 0 Å². The van der Waals surface area contributed by atoms with Gasteiger partial charge in [-0.15, -0.1) is 0 Å². The van der Waals surface area contributed by atoms with Crippen LogP contribution in [0, 0.1) is 0 Å². The fourth-order valence-electron chi connectivity index (χ4n) is 2.33. The monoisotopic (exact) mass is 189 g/mol. The summed E-state index contributed by atoms with van der Waals surface area (Å²) in [6.07, 6.45) is 7.44. The topological polar surface area (TPSA) is 26.0 Å². The first-order chi connectivity index (χ1) is 6.81. The summed E-state index contributed by atoms with van der Waals surface area (Å²) in [5.41, 5.74) is 11.4. The molecule has 14 heavy (non-hydrogen) atoms. The standard InChI is InChI=1S/C13H19N/c1-2-3-5-10-8-11-6-4-7-12(11)13(14)9-10/h8-9H,2-7,14H2,1H3. The van der Waals surface area contributed by atoms with Crippen LogP contribution in [0.3, 0.4) is 0 Å². The molecule has 76 valence electrons. The first kappa shape index (κ1) is 9.57. The minimum Gasteiger partial charge on any atom is -0.398 e. The lowest BCUT2D eigenvalue weighted by Gasteiger charge is -2.07. The maximum atomic E-state index is 6.04. The highest BCUT2D eigenvalue weighted by molar-refractivity contribution is 5.55. The van der Waals surface area contributed by atoms with Gasteiger partial charge < -0.3 is 5.73 Å². The molecule has 0 atom stereocenters. The van der Waals surface area contributed by atoms with E-state index in [4.69, 9.17) is 5.73 Å². The Kier molecular flexibility index (Phi) is 2.76. The molecule has 1 aromatic carbocycles. The number of nitrogen functional groups attached to an aromatic ring is 1. The van der Waals surface area contributed by atoms with Crippen molar-refractivity contribution >= 4 is 5.69 Å². The minimum atomic E-state index is 1.03. The number of hydrogen-bond acceptors (Lipinski definition) is 1. The molecule has 0 aromatic heterocycles. The molecule has 1 aromatic rings. The van der Waals surface area contributed by atoms with Crippen molar-refractivity contribution in [3.63, 3.8) is 0 Å². The Labute approximate surface area is 86.3 Å². The molecule has 1 aliphatic rings. The molecule has 0 unspecified atom stereocenters. The molecule has 1 heteroatoms. The van der Waals surface area contributed by atoms with E-state index in [0.29, 0.717) is 0 Å². The summed E-state index contributed by atoms with van der Waals surface area (Å²) < 4.78 is 0. The molecule has 0 fully saturated rings. The van der Waals surface area contributed by atoms with Gasteiger partial charge in [0, 0.05) is 5.69 Å². The Morgan fingerprint density at radius 3 is 2.93 bits per heavy atom. The van der Waals surface area contributed by atoms with Crippen LogP contribution in [0.25, 0.3) is 0 Å². The minimum absolute atomic E-state index is 1.03. The number of rotatable bonds is 3. The van der Waals surface area contributed by atoms with Crippen LogP contribution in [-0.4, -0.2) is 0 Å². The van der Waals surface area contributed by atoms with Gasteiger partial charge in [-0.05, 0) is 54.9 Å². The number of aryl methyl sites for hydroxylation is 2. The van der Waals surface area contributed by atoms with Gasteiger partial charge in [-0.1, -0.05) is 19.4 Å². The average Bonchev–Trinajstić information content (AvgIpc) is 2.63. The zero-order valence-corrected chi connectivity index (χ0v) is 8.97. The summed E-state index contributed by atoms with van der Waals surface area (Å²) in [5, 5.41) is 0. The van der Waals surface area contributed by atoms with E-state index in [9.17, 15) is 0 Å². The molecule has 0 amide bonds. The maximum absolute atomic E-state index is 6.04. The van der Waals surface area contributed by atoms with Crippen molar-refractivity contribution in [1.29, 1.82) is 0 Å². The van der Waals surface area contributed by atoms with Gasteiger partial charge >= 0.3 is 0 Å². The molecule has 0 spiro atoms. The normalized spacial score (nSPS) is 14.4. The molecule has 0 heterocycles. The number of unbranched alkanes of at least 4 members (excludes halogenated alkanes) is 1. The van der Waals surface area contributed by atoms with Crippen LogP contribution >= 0.6 is 0 Å². The number of hydrogen-bond donors (Lipinski definition) is 1. The fourth-order valence-corrected chi connectivity index (χ4v) is 2.33. The highest BCUT2D eigenvalue weighted by Gasteiger charge is 2.14. The van der Waals surface area contributed by atoms with E-state index in [0.717, 1.165) is 5.69 Å². The molecule has 1 nitrogen and oxygen atoms in total. The van der Waals surface area contributed by atoms with Crippen molar-refractivity contribution < 1.29 is 0 Å². The number of fused-ring (bicyclic) bond motifs is 1. The van der Waals surface area contributed by atoms with Gasteiger partial charge in [0.2, 0.25) is 0 Å². The summed E-state index contributed by atoms with van der Waals surface area (Å²) in [6.45, 7) is 2.23. The first-order valence-electron chi connectivity index (χ1n) is 5.71. The van der Waals surface area contributed by atoms with Gasteiger partial charge in [0.05, 0.1) is 0 Å². The van der Waals surface area contributed by atoms with Crippen LogP contribution < -0.4 is 5.73 Å². The maximum Gasteiger partial charge on any atom is 0.0352 e. The highest BCUT2D eigenvalue weighted by Crippen LogP contribution is 2.29. The quantitative estimate of drug-likeness (QED) is 0.726. The zero-order chi connectivity index (χ0) is 9.97. The molecule has 0 aliphatic heterocycles. The predicted octanol–water partition coefficient (Wildman–Crippen LogP) is 3.10. The lowest BCUT2D eigenvalue weighted by Crippen LogP contribution is -1.96. The van der Waals surface area contributed by atoms with E-state index in [1.807, 2.05) is 0 Å². The molecule has 2 rings (SSSR count). The van der Waals surface area contributed by atoms with Gasteiger partial charge in [0.1, 0.15) is 0 Å². The first-order valence-corrected chi connectivity index (χ1v) is 5.71. The second-order valence-electron chi connectivity index (χ2n) is 4.28. The Morgan fingerprint density at radius 2 is 2.14 bits per heavy atom. The average molecular weight is 189 g/mol. The lowest BCUT2D eigenvalue weighted by molar-refractivity contribution is 0.794. The molecule has 1 aliphatic carbocycles. The van der Waals surface area contributed by atoms with Crippen LogP contribution in [-0.2, 0) is 19.3 Å². The van der Waals surface area contributed by atoms with Crippen molar-refractivity contribution in [3.8, 4) is 0 Å². The van der Waals surface area contributed by atoms with E-state index in [-0.39, 0.29) is 0 Å². The lowest BCUT2D eigenvalue weighted by atomic mass is 10.0. The zero-order valence-electron chi connectivity index (χ0n) is 8.97. The summed E-state index contributed by atoms with van der Waals surface area (Å²) in [4.78, 5) is 0. The summed E-state index contributed by atoms with van der Waals surface area (Å²) in [5.74, 6) is 0. The van der Waals surface area contributed by atoms with E-state index in [1.54, 1.807) is 0 Å². The van der Waals surface area contributed by atoms with Gasteiger partial charge in [-0.25, -0.2) is 0 Å². The summed E-state index contributed by atoms with van der Waals surface area (Å²) in [7, 11) is 0. The predicted molar refractivity (Wildman–Crippen MR) is 61.5 cm³/mol. The van der Waals surface area contributed by atoms with Crippen LogP contribution in [0.4, 0.5) is 5.69 Å². The fraction of sp³-hybridized carbons (Fsp3) is 0.538. The summed E-state index contributed by atoms with van der Waals surface area (Å²) in [6, 6.07) is 4.55. The van der Waals surface area contributed by atoms with Crippen molar-refractivity contribution in [1.82, 2.24) is 0 Å². The second-order valence-corrected chi connectivity index (χ2v) is 4.28. The van der Waals surface area contributed by atoms with Crippen molar-refractivity contribution in [2.45, 2.75) is 45.4 Å². The highest BCUT2D eigenvalue weighted by atomic mass is 14.6. The van der Waals surface area contributed by atoms with Crippen LogP contribution in [0.1, 0.15) is 42.9 Å². The molecule has 0 saturated carbocycles. The number of anilines is 1. The molecular formula is C13H19N. The number of nitrogens with two attached hydrogens (primary N) is 1. The third kappa shape index (κ3) is 1.77. The van der Waals surface area contributed by atoms with E-state index in [1.165, 1.54) is 55.2 Å². The molecule has 0 saturated heterocycles. The van der Waals surface area contributed by atoms with Gasteiger partial charge in [0.15, 0.2) is 0 Å². The second kappa shape index (κ2) is 4.04. The Morgan fingerprint density at radius 1 is 1.29 bits per heavy atom. The Balaban J connectivity index is 2.23. The van der Waals surface area contributed by atoms with Gasteiger partial charge in [0.25, 0.3) is 0 Å². The van der Waals surface area contributed by atoms with Gasteiger partial charge in [-0.2, -0.15) is 0 Å². The van der Waals surface area contributed by atoms with E-state index in [2.05, 4.69) is 19.1 Å². The van der Waals surface area contributed by atoms with Gasteiger partial charge in [-0.3, -0.25) is 0 Å². The molecular weight excluding hydrogens is 170 g/mol. The Hall–Kier alpha value is -0.980.